The van der Waals surface area contributed by atoms with Gasteiger partial charge in [-0.1, -0.05) is 72.3 Å². The smallest absolute Gasteiger partial charge is 0.166 e. The Morgan fingerprint density at radius 1 is 0.808 bits per heavy atom. The number of hydrogen-bond acceptors (Lipinski definition) is 0. The number of hydrogen-bond donors (Lipinski definition) is 0. The Kier molecular flexibility index (Phi) is 4.28. The van der Waals surface area contributed by atoms with Crippen LogP contribution < -0.4 is 0 Å². The van der Waals surface area contributed by atoms with Gasteiger partial charge in [0.1, 0.15) is 0 Å². The summed E-state index contributed by atoms with van der Waals surface area (Å²) in [5, 5.41) is -0.267. The molecule has 2 aliphatic carbocycles. The fourth-order valence-corrected chi connectivity index (χ4v) is 4.15. The third-order valence-electron chi connectivity index (χ3n) is 5.01. The molecule has 4 rings (SSSR count). The molecule has 0 aromatic heterocycles. The largest absolute Gasteiger partial charge is 0.417 e. The second-order valence-electron chi connectivity index (χ2n) is 6.60. The van der Waals surface area contributed by atoms with E-state index in [9.17, 15) is 13.2 Å². The van der Waals surface area contributed by atoms with Gasteiger partial charge in [-0.05, 0) is 40.8 Å². The summed E-state index contributed by atoms with van der Waals surface area (Å²) in [6.45, 7) is 0. The highest BCUT2D eigenvalue weighted by Crippen LogP contribution is 2.50. The summed E-state index contributed by atoms with van der Waals surface area (Å²) in [4.78, 5) is 0. The normalized spacial score (nSPS) is 22.0. The number of rotatable bonds is 2. The molecule has 0 nitrogen and oxygen atoms in total. The summed E-state index contributed by atoms with van der Waals surface area (Å²) < 4.78 is 40.0. The molecule has 0 N–H and O–H groups in total. The molecule has 4 heteroatoms. The molecule has 2 aromatic rings. The molecule has 2 atom stereocenters. The summed E-state index contributed by atoms with van der Waals surface area (Å²) in [5.41, 5.74) is 2.93. The van der Waals surface area contributed by atoms with Gasteiger partial charge in [-0.25, -0.2) is 0 Å². The Labute approximate surface area is 155 Å². The summed E-state index contributed by atoms with van der Waals surface area (Å²) >= 11 is 5.82. The van der Waals surface area contributed by atoms with E-state index < -0.39 is 11.7 Å². The molecule has 2 aliphatic rings. The van der Waals surface area contributed by atoms with Gasteiger partial charge in [0.2, 0.25) is 0 Å². The summed E-state index contributed by atoms with van der Waals surface area (Å²) in [6, 6.07) is 14.1. The molecule has 0 fully saturated rings. The van der Waals surface area contributed by atoms with Crippen LogP contribution in [0, 0.1) is 11.8 Å². The van der Waals surface area contributed by atoms with E-state index in [1.807, 2.05) is 42.5 Å². The average Bonchev–Trinajstić information content (AvgIpc) is 2.79. The number of fused-ring (bicyclic) bond motifs is 2. The molecule has 0 saturated carbocycles. The molecular weight excluding hydrogens is 357 g/mol. The molecule has 1 unspecified atom stereocenters. The Hall–Kier alpha value is -2.26. The van der Waals surface area contributed by atoms with Gasteiger partial charge >= 0.3 is 6.18 Å². The van der Waals surface area contributed by atoms with Crippen molar-refractivity contribution in [1.29, 1.82) is 0 Å². The topological polar surface area (TPSA) is 0 Å². The first-order valence-electron chi connectivity index (χ1n) is 8.47. The fourth-order valence-electron chi connectivity index (χ4n) is 3.92. The van der Waals surface area contributed by atoms with Gasteiger partial charge in [0.25, 0.3) is 0 Å². The monoisotopic (exact) mass is 372 g/mol. The first-order chi connectivity index (χ1) is 12.4. The van der Waals surface area contributed by atoms with Gasteiger partial charge in [-0.3, -0.25) is 0 Å². The molecule has 0 spiro atoms. The van der Waals surface area contributed by atoms with Gasteiger partial charge in [0.15, 0.2) is 0 Å². The lowest BCUT2D eigenvalue weighted by atomic mass is 9.88. The van der Waals surface area contributed by atoms with Gasteiger partial charge in [-0.2, -0.15) is 13.2 Å². The first kappa shape index (κ1) is 17.2. The van der Waals surface area contributed by atoms with E-state index in [1.54, 1.807) is 6.07 Å². The predicted molar refractivity (Wildman–Crippen MR) is 99.6 cm³/mol. The minimum atomic E-state index is -4.47. The van der Waals surface area contributed by atoms with Gasteiger partial charge < -0.3 is 0 Å². The van der Waals surface area contributed by atoms with Crippen LogP contribution in [0.4, 0.5) is 13.2 Å². The molecule has 26 heavy (non-hydrogen) atoms. The SMILES string of the molecule is FC(F)(F)c1cc(C2=C(c3ccccc3)[C@@H]3C=CC=CC2C3)ccc1Cl. The zero-order valence-electron chi connectivity index (χ0n) is 13.8. The molecule has 132 valence electrons. The van der Waals surface area contributed by atoms with Crippen molar-refractivity contribution in [1.82, 2.24) is 0 Å². The van der Waals surface area contributed by atoms with E-state index in [0.717, 1.165) is 23.1 Å². The zero-order chi connectivity index (χ0) is 18.3. The molecular formula is C22H16ClF3. The van der Waals surface area contributed by atoms with Crippen molar-refractivity contribution in [2.75, 3.05) is 0 Å². The lowest BCUT2D eigenvalue weighted by Gasteiger charge is -2.17. The van der Waals surface area contributed by atoms with E-state index in [4.69, 9.17) is 11.6 Å². The summed E-state index contributed by atoms with van der Waals surface area (Å²) in [7, 11) is 0. The Balaban J connectivity index is 1.95. The van der Waals surface area contributed by atoms with Crippen molar-refractivity contribution in [2.45, 2.75) is 12.6 Å². The second kappa shape index (κ2) is 6.48. The maximum Gasteiger partial charge on any atom is 0.417 e. The van der Waals surface area contributed by atoms with Crippen molar-refractivity contribution in [3.05, 3.63) is 94.5 Å². The van der Waals surface area contributed by atoms with E-state index in [-0.39, 0.29) is 16.9 Å². The third-order valence-corrected chi connectivity index (χ3v) is 5.33. The van der Waals surface area contributed by atoms with Crippen LogP contribution in [0.3, 0.4) is 0 Å². The standard InChI is InChI=1S/C22H16ClF3/c23-19-11-10-17(13-18(19)22(24,25)26)21-16-9-5-4-8-15(12-16)20(21)14-6-2-1-3-7-14/h1-11,13,15-16H,12H2/t15-,16?/m1/s1. The number of halogens is 4. The summed E-state index contributed by atoms with van der Waals surface area (Å²) in [5.74, 6) is 0.282. The van der Waals surface area contributed by atoms with E-state index in [0.29, 0.717) is 5.56 Å². The second-order valence-corrected chi connectivity index (χ2v) is 7.01. The highest BCUT2D eigenvalue weighted by atomic mass is 35.5. The van der Waals surface area contributed by atoms with Crippen LogP contribution >= 0.6 is 11.6 Å². The van der Waals surface area contributed by atoms with E-state index in [2.05, 4.69) is 12.2 Å². The minimum Gasteiger partial charge on any atom is -0.166 e. The van der Waals surface area contributed by atoms with Crippen LogP contribution in [0.1, 0.15) is 23.1 Å². The highest BCUT2D eigenvalue weighted by Gasteiger charge is 2.36. The molecule has 0 radical (unpaired) electrons. The molecule has 0 saturated heterocycles. The first-order valence-corrected chi connectivity index (χ1v) is 8.84. The zero-order valence-corrected chi connectivity index (χ0v) is 14.6. The van der Waals surface area contributed by atoms with Crippen LogP contribution in [0.5, 0.6) is 0 Å². The number of benzene rings is 2. The summed E-state index contributed by atoms with van der Waals surface area (Å²) in [6.07, 6.45) is 4.61. The van der Waals surface area contributed by atoms with Crippen LogP contribution in [-0.2, 0) is 6.18 Å². The quantitative estimate of drug-likeness (QED) is 0.530. The maximum atomic E-state index is 13.3. The fraction of sp³-hybridized carbons (Fsp3) is 0.182. The number of allylic oxidation sites excluding steroid dienone is 6. The Morgan fingerprint density at radius 2 is 1.42 bits per heavy atom. The van der Waals surface area contributed by atoms with Gasteiger partial charge in [-0.15, -0.1) is 0 Å². The van der Waals surface area contributed by atoms with E-state index in [1.165, 1.54) is 12.1 Å². The van der Waals surface area contributed by atoms with Crippen molar-refractivity contribution in [3.63, 3.8) is 0 Å². The predicted octanol–water partition coefficient (Wildman–Crippen LogP) is 7.03. The van der Waals surface area contributed by atoms with E-state index >= 15 is 0 Å². The molecule has 2 bridgehead atoms. The molecule has 0 aliphatic heterocycles. The third kappa shape index (κ3) is 3.01. The molecule has 2 aromatic carbocycles. The van der Waals surface area contributed by atoms with Crippen molar-refractivity contribution < 1.29 is 13.2 Å². The van der Waals surface area contributed by atoms with Gasteiger partial charge in [0.05, 0.1) is 10.6 Å². The van der Waals surface area contributed by atoms with Crippen molar-refractivity contribution in [2.24, 2.45) is 11.8 Å². The highest BCUT2D eigenvalue weighted by molar-refractivity contribution is 6.31. The lowest BCUT2D eigenvalue weighted by molar-refractivity contribution is -0.137. The van der Waals surface area contributed by atoms with Gasteiger partial charge in [0, 0.05) is 11.8 Å². The minimum absolute atomic E-state index is 0.0902. The van der Waals surface area contributed by atoms with Crippen molar-refractivity contribution in [3.8, 4) is 0 Å². The Morgan fingerprint density at radius 3 is 2.04 bits per heavy atom. The maximum absolute atomic E-state index is 13.3. The van der Waals surface area contributed by atoms with Crippen molar-refractivity contribution >= 4 is 22.7 Å². The molecule has 0 amide bonds. The number of alkyl halides is 3. The van der Waals surface area contributed by atoms with Crippen LogP contribution in [-0.4, -0.2) is 0 Å². The van der Waals surface area contributed by atoms with Crippen LogP contribution in [0.15, 0.2) is 72.8 Å². The Bertz CT molecular complexity index is 920. The molecule has 0 heterocycles. The lowest BCUT2D eigenvalue weighted by Crippen LogP contribution is -2.07. The van der Waals surface area contributed by atoms with Crippen LogP contribution in [0.25, 0.3) is 11.1 Å². The van der Waals surface area contributed by atoms with Crippen LogP contribution in [0.2, 0.25) is 5.02 Å². The average molecular weight is 373 g/mol.